The number of rotatable bonds is 3. The second-order valence-electron chi connectivity index (χ2n) is 2.71. The molecule has 0 aromatic carbocycles. The lowest BCUT2D eigenvalue weighted by Gasteiger charge is -2.26. The van der Waals surface area contributed by atoms with Crippen LogP contribution in [0.2, 0.25) is 6.32 Å². The molecule has 1 aliphatic carbocycles. The Balaban J connectivity index is 2.70. The fraction of sp³-hybridized carbons (Fsp3) is 0.375. The van der Waals surface area contributed by atoms with Crippen LogP contribution in [0.4, 0.5) is 0 Å². The van der Waals surface area contributed by atoms with Crippen LogP contribution in [-0.4, -0.2) is 22.1 Å². The number of halogens is 1. The van der Waals surface area contributed by atoms with Crippen LogP contribution in [-0.2, 0) is 4.65 Å². The summed E-state index contributed by atoms with van der Waals surface area (Å²) in [5.74, 6) is 0. The van der Waals surface area contributed by atoms with Gasteiger partial charge in [-0.25, -0.2) is 0 Å². The Kier molecular flexibility index (Phi) is 3.68. The van der Waals surface area contributed by atoms with Crippen molar-refractivity contribution in [2.24, 2.45) is 0 Å². The van der Waals surface area contributed by atoms with Gasteiger partial charge in [0.25, 0.3) is 0 Å². The number of allylic oxidation sites excluding steroid dienone is 2. The zero-order chi connectivity index (χ0) is 9.90. The van der Waals surface area contributed by atoms with Gasteiger partial charge in [-0.05, 0) is 18.5 Å². The summed E-state index contributed by atoms with van der Waals surface area (Å²) in [5, 5.41) is 8.12. The molecule has 70 valence electrons. The van der Waals surface area contributed by atoms with Crippen molar-refractivity contribution in [3.8, 4) is 0 Å². The van der Waals surface area contributed by atoms with Crippen LogP contribution in [0.15, 0.2) is 24.3 Å². The largest absolute Gasteiger partial charge is 0.455 e. The second kappa shape index (κ2) is 4.37. The third-order valence-corrected chi connectivity index (χ3v) is 2.63. The Morgan fingerprint density at radius 3 is 2.92 bits per heavy atom. The predicted octanol–water partition coefficient (Wildman–Crippen LogP) is 1.93. The first kappa shape index (κ1) is 10.9. The fourth-order valence-electron chi connectivity index (χ4n) is 0.897. The zero-order valence-electron chi connectivity index (χ0n) is 7.24. The summed E-state index contributed by atoms with van der Waals surface area (Å²) in [7, 11) is -0.883. The number of hydrogen-bond acceptors (Lipinski definition) is 3. The highest BCUT2D eigenvalue weighted by molar-refractivity contribution is 7.81. The van der Waals surface area contributed by atoms with E-state index in [-0.39, 0.29) is 0 Å². The molecule has 0 aromatic rings. The maximum absolute atomic E-state index is 9.27. The molecule has 0 heterocycles. The van der Waals surface area contributed by atoms with Crippen LogP contribution in [0.5, 0.6) is 0 Å². The molecule has 1 unspecified atom stereocenters. The van der Waals surface area contributed by atoms with E-state index in [9.17, 15) is 5.02 Å². The standard InChI is InChI=1S/C8H10BClO2S/c1-2-9(11)12-8(10)6-4-3-5-7(8)13/h3-6,11H,2H2,1H3. The SMILES string of the molecule is CCB(O)OC1(Cl)C=CC=CC1=S. The summed E-state index contributed by atoms with van der Waals surface area (Å²) in [6.45, 7) is 1.80. The summed E-state index contributed by atoms with van der Waals surface area (Å²) in [5.41, 5.74) is 0. The van der Waals surface area contributed by atoms with Crippen LogP contribution < -0.4 is 0 Å². The molecule has 0 bridgehead atoms. The number of thiocarbonyl (C=S) groups is 1. The Morgan fingerprint density at radius 2 is 2.38 bits per heavy atom. The van der Waals surface area contributed by atoms with Gasteiger partial charge in [0.05, 0.1) is 4.86 Å². The van der Waals surface area contributed by atoms with Crippen molar-refractivity contribution in [1.29, 1.82) is 0 Å². The molecule has 0 spiro atoms. The van der Waals surface area contributed by atoms with Crippen LogP contribution >= 0.6 is 23.8 Å². The fourth-order valence-corrected chi connectivity index (χ4v) is 1.33. The van der Waals surface area contributed by atoms with Crippen molar-refractivity contribution in [3.05, 3.63) is 24.3 Å². The lowest BCUT2D eigenvalue weighted by molar-refractivity contribution is 0.226. The van der Waals surface area contributed by atoms with Gasteiger partial charge < -0.3 is 9.68 Å². The van der Waals surface area contributed by atoms with Crippen molar-refractivity contribution < 1.29 is 9.68 Å². The minimum atomic E-state index is -1.15. The maximum Gasteiger partial charge on any atom is 0.455 e. The maximum atomic E-state index is 9.27. The first-order valence-electron chi connectivity index (χ1n) is 4.03. The van der Waals surface area contributed by atoms with E-state index in [0.717, 1.165) is 0 Å². The summed E-state index contributed by atoms with van der Waals surface area (Å²) < 4.78 is 5.18. The van der Waals surface area contributed by atoms with E-state index in [4.69, 9.17) is 28.5 Å². The summed E-state index contributed by atoms with van der Waals surface area (Å²) >= 11 is 11.0. The third kappa shape index (κ3) is 2.64. The van der Waals surface area contributed by atoms with Gasteiger partial charge in [-0.15, -0.1) is 0 Å². The van der Waals surface area contributed by atoms with E-state index in [0.29, 0.717) is 11.2 Å². The van der Waals surface area contributed by atoms with Crippen molar-refractivity contribution in [2.45, 2.75) is 18.3 Å². The van der Waals surface area contributed by atoms with Crippen LogP contribution in [0.25, 0.3) is 0 Å². The Hall–Kier alpha value is -0.155. The van der Waals surface area contributed by atoms with E-state index in [1.165, 1.54) is 0 Å². The average molecular weight is 216 g/mol. The van der Waals surface area contributed by atoms with Gasteiger partial charge in [0.15, 0.2) is 5.06 Å². The molecule has 0 amide bonds. The molecule has 0 fully saturated rings. The van der Waals surface area contributed by atoms with Gasteiger partial charge >= 0.3 is 7.12 Å². The highest BCUT2D eigenvalue weighted by atomic mass is 35.5. The van der Waals surface area contributed by atoms with Crippen LogP contribution in [0, 0.1) is 0 Å². The molecule has 0 saturated carbocycles. The van der Waals surface area contributed by atoms with Crippen molar-refractivity contribution in [3.63, 3.8) is 0 Å². The van der Waals surface area contributed by atoms with E-state index < -0.39 is 12.2 Å². The van der Waals surface area contributed by atoms with Gasteiger partial charge in [-0.3, -0.25) is 0 Å². The van der Waals surface area contributed by atoms with Gasteiger partial charge in [0.1, 0.15) is 0 Å². The monoisotopic (exact) mass is 216 g/mol. The Labute approximate surface area is 88.4 Å². The third-order valence-electron chi connectivity index (χ3n) is 1.66. The molecule has 0 saturated heterocycles. The molecule has 5 heteroatoms. The second-order valence-corrected chi connectivity index (χ2v) is 3.71. The first-order valence-corrected chi connectivity index (χ1v) is 4.82. The number of hydrogen-bond donors (Lipinski definition) is 1. The minimum Gasteiger partial charge on any atom is -0.427 e. The normalized spacial score (nSPS) is 26.5. The molecule has 13 heavy (non-hydrogen) atoms. The van der Waals surface area contributed by atoms with Gasteiger partial charge in [-0.2, -0.15) is 0 Å². The van der Waals surface area contributed by atoms with Crippen molar-refractivity contribution in [2.75, 3.05) is 0 Å². The highest BCUT2D eigenvalue weighted by Crippen LogP contribution is 2.26. The molecular formula is C8H10BClO2S. The van der Waals surface area contributed by atoms with Gasteiger partial charge in [0, 0.05) is 0 Å². The van der Waals surface area contributed by atoms with E-state index in [1.807, 2.05) is 0 Å². The van der Waals surface area contributed by atoms with E-state index >= 15 is 0 Å². The van der Waals surface area contributed by atoms with Crippen LogP contribution in [0.1, 0.15) is 6.92 Å². The molecule has 1 atom stereocenters. The summed E-state index contributed by atoms with van der Waals surface area (Å²) in [6.07, 6.45) is 7.31. The summed E-state index contributed by atoms with van der Waals surface area (Å²) in [4.78, 5) is 0.462. The predicted molar refractivity (Wildman–Crippen MR) is 59.0 cm³/mol. The van der Waals surface area contributed by atoms with Gasteiger partial charge in [-0.1, -0.05) is 42.9 Å². The average Bonchev–Trinajstić information content (AvgIpc) is 2.10. The molecule has 0 aromatic heterocycles. The van der Waals surface area contributed by atoms with E-state index in [2.05, 4.69) is 0 Å². The summed E-state index contributed by atoms with van der Waals surface area (Å²) in [6, 6.07) is 0. The molecule has 1 N–H and O–H groups in total. The quantitative estimate of drug-likeness (QED) is 0.444. The lowest BCUT2D eigenvalue weighted by atomic mass is 9.86. The molecule has 1 rings (SSSR count). The highest BCUT2D eigenvalue weighted by Gasteiger charge is 2.33. The Morgan fingerprint density at radius 1 is 1.69 bits per heavy atom. The topological polar surface area (TPSA) is 29.5 Å². The zero-order valence-corrected chi connectivity index (χ0v) is 8.81. The van der Waals surface area contributed by atoms with Gasteiger partial charge in [0.2, 0.25) is 0 Å². The molecule has 0 radical (unpaired) electrons. The van der Waals surface area contributed by atoms with E-state index in [1.54, 1.807) is 31.2 Å². The van der Waals surface area contributed by atoms with Crippen molar-refractivity contribution in [1.82, 2.24) is 0 Å². The molecule has 2 nitrogen and oxygen atoms in total. The van der Waals surface area contributed by atoms with Crippen molar-refractivity contribution >= 4 is 35.8 Å². The van der Waals surface area contributed by atoms with Crippen LogP contribution in [0.3, 0.4) is 0 Å². The Bertz CT molecular complexity index is 267. The first-order chi connectivity index (χ1) is 6.08. The molecular weight excluding hydrogens is 206 g/mol. The lowest BCUT2D eigenvalue weighted by Crippen LogP contribution is -2.38. The minimum absolute atomic E-state index is 0.462. The molecule has 0 aliphatic heterocycles. The smallest absolute Gasteiger partial charge is 0.427 e. The molecule has 1 aliphatic rings. The number of alkyl halides is 1.